The summed E-state index contributed by atoms with van der Waals surface area (Å²) in [5.74, 6) is 0.384. The fourth-order valence-electron chi connectivity index (χ4n) is 2.12. The van der Waals surface area contributed by atoms with Gasteiger partial charge in [-0.1, -0.05) is 38.1 Å². The van der Waals surface area contributed by atoms with Crippen molar-refractivity contribution in [1.29, 1.82) is 0 Å². The third-order valence-corrected chi connectivity index (χ3v) is 3.20. The van der Waals surface area contributed by atoms with Crippen LogP contribution in [0.5, 0.6) is 0 Å². The van der Waals surface area contributed by atoms with Crippen molar-refractivity contribution < 1.29 is 14.2 Å². The van der Waals surface area contributed by atoms with Gasteiger partial charge in [-0.2, -0.15) is 4.98 Å². The SMILES string of the molecule is C[C@@H](NC(=O)CC(C)(C)C)c1nc(-c2cccc([N+](=O)[O-])c2)no1. The molecule has 1 aromatic carbocycles. The zero-order valence-corrected chi connectivity index (χ0v) is 14.1. The molecule has 1 amide bonds. The van der Waals surface area contributed by atoms with Crippen molar-refractivity contribution in [2.75, 3.05) is 0 Å². The highest BCUT2D eigenvalue weighted by Crippen LogP contribution is 2.23. The fraction of sp³-hybridized carbons (Fsp3) is 0.438. The van der Waals surface area contributed by atoms with Crippen molar-refractivity contribution in [2.45, 2.75) is 40.2 Å². The normalized spacial score (nSPS) is 12.7. The molecule has 0 saturated heterocycles. The van der Waals surface area contributed by atoms with E-state index in [-0.39, 0.29) is 28.7 Å². The number of nitrogens with zero attached hydrogens (tertiary/aromatic N) is 3. The van der Waals surface area contributed by atoms with Crippen molar-refractivity contribution in [3.63, 3.8) is 0 Å². The van der Waals surface area contributed by atoms with Crippen LogP contribution >= 0.6 is 0 Å². The highest BCUT2D eigenvalue weighted by Gasteiger charge is 2.21. The number of hydrogen-bond donors (Lipinski definition) is 1. The van der Waals surface area contributed by atoms with Crippen LogP contribution < -0.4 is 5.32 Å². The number of carbonyl (C=O) groups excluding carboxylic acids is 1. The molecule has 1 atom stereocenters. The average molecular weight is 332 g/mol. The van der Waals surface area contributed by atoms with Gasteiger partial charge in [-0.15, -0.1) is 0 Å². The summed E-state index contributed by atoms with van der Waals surface area (Å²) in [6.45, 7) is 7.67. The summed E-state index contributed by atoms with van der Waals surface area (Å²) >= 11 is 0. The molecule has 8 nitrogen and oxygen atoms in total. The fourth-order valence-corrected chi connectivity index (χ4v) is 2.12. The molecule has 2 rings (SSSR count). The topological polar surface area (TPSA) is 111 Å². The van der Waals surface area contributed by atoms with Crippen molar-refractivity contribution >= 4 is 11.6 Å². The molecule has 0 radical (unpaired) electrons. The number of hydrogen-bond acceptors (Lipinski definition) is 6. The summed E-state index contributed by atoms with van der Waals surface area (Å²) in [4.78, 5) is 26.5. The first-order chi connectivity index (χ1) is 11.2. The lowest BCUT2D eigenvalue weighted by molar-refractivity contribution is -0.384. The van der Waals surface area contributed by atoms with Gasteiger partial charge in [-0.25, -0.2) is 0 Å². The molecule has 0 fully saturated rings. The van der Waals surface area contributed by atoms with Crippen molar-refractivity contribution in [3.8, 4) is 11.4 Å². The summed E-state index contributed by atoms with van der Waals surface area (Å²) < 4.78 is 5.17. The van der Waals surface area contributed by atoms with Crippen LogP contribution in [-0.2, 0) is 4.79 Å². The van der Waals surface area contributed by atoms with Gasteiger partial charge in [-0.3, -0.25) is 14.9 Å². The lowest BCUT2D eigenvalue weighted by Gasteiger charge is -2.18. The lowest BCUT2D eigenvalue weighted by Crippen LogP contribution is -2.30. The van der Waals surface area contributed by atoms with E-state index in [1.807, 2.05) is 20.8 Å². The third-order valence-electron chi connectivity index (χ3n) is 3.20. The number of carbonyl (C=O) groups is 1. The quantitative estimate of drug-likeness (QED) is 0.664. The van der Waals surface area contributed by atoms with E-state index in [9.17, 15) is 14.9 Å². The van der Waals surface area contributed by atoms with Crippen LogP contribution in [0.3, 0.4) is 0 Å². The molecule has 0 aliphatic heterocycles. The van der Waals surface area contributed by atoms with Gasteiger partial charge in [0.25, 0.3) is 5.69 Å². The van der Waals surface area contributed by atoms with E-state index in [2.05, 4.69) is 15.5 Å². The van der Waals surface area contributed by atoms with Crippen molar-refractivity contribution in [1.82, 2.24) is 15.5 Å². The average Bonchev–Trinajstić information content (AvgIpc) is 2.95. The summed E-state index contributed by atoms with van der Waals surface area (Å²) in [6.07, 6.45) is 0.378. The van der Waals surface area contributed by atoms with Gasteiger partial charge in [0.1, 0.15) is 6.04 Å². The second-order valence-corrected chi connectivity index (χ2v) is 6.79. The Morgan fingerprint density at radius 2 is 2.12 bits per heavy atom. The Bertz CT molecular complexity index is 749. The second kappa shape index (κ2) is 6.77. The van der Waals surface area contributed by atoms with Gasteiger partial charge >= 0.3 is 0 Å². The first-order valence-corrected chi connectivity index (χ1v) is 7.53. The number of aromatic nitrogens is 2. The minimum Gasteiger partial charge on any atom is -0.345 e. The maximum Gasteiger partial charge on any atom is 0.270 e. The van der Waals surface area contributed by atoms with Crippen LogP contribution in [0.15, 0.2) is 28.8 Å². The van der Waals surface area contributed by atoms with Gasteiger partial charge in [0, 0.05) is 24.1 Å². The maximum absolute atomic E-state index is 12.0. The number of rotatable bonds is 5. The van der Waals surface area contributed by atoms with Crippen LogP contribution in [0, 0.1) is 15.5 Å². The molecule has 1 N–H and O–H groups in total. The zero-order chi connectivity index (χ0) is 17.9. The standard InChI is InChI=1S/C16H20N4O4/c1-10(17-13(21)9-16(2,3)4)15-18-14(19-24-15)11-6-5-7-12(8-11)20(22)23/h5-8,10H,9H2,1-4H3,(H,17,21)/t10-/m1/s1. The van der Waals surface area contributed by atoms with Crippen LogP contribution in [-0.4, -0.2) is 21.0 Å². The number of amides is 1. The molecule has 0 unspecified atom stereocenters. The highest BCUT2D eigenvalue weighted by molar-refractivity contribution is 5.76. The molecule has 0 saturated carbocycles. The Labute approximate surface area is 139 Å². The number of non-ortho nitro benzene ring substituents is 1. The molecule has 0 aliphatic carbocycles. The summed E-state index contributed by atoms with van der Waals surface area (Å²) in [5, 5.41) is 17.5. The molecule has 0 spiro atoms. The van der Waals surface area contributed by atoms with Crippen LogP contribution in [0.25, 0.3) is 11.4 Å². The maximum atomic E-state index is 12.0. The van der Waals surface area contributed by atoms with Crippen molar-refractivity contribution in [2.24, 2.45) is 5.41 Å². The van der Waals surface area contributed by atoms with Gasteiger partial charge in [-0.05, 0) is 12.3 Å². The van der Waals surface area contributed by atoms with Gasteiger partial charge in [0.2, 0.25) is 17.6 Å². The van der Waals surface area contributed by atoms with E-state index in [1.165, 1.54) is 12.1 Å². The van der Waals surface area contributed by atoms with E-state index < -0.39 is 11.0 Å². The smallest absolute Gasteiger partial charge is 0.270 e. The van der Waals surface area contributed by atoms with E-state index in [1.54, 1.807) is 19.1 Å². The van der Waals surface area contributed by atoms with E-state index in [0.717, 1.165) is 0 Å². The molecular formula is C16H20N4O4. The van der Waals surface area contributed by atoms with Gasteiger partial charge in [0.05, 0.1) is 4.92 Å². The first-order valence-electron chi connectivity index (χ1n) is 7.53. The Morgan fingerprint density at radius 1 is 1.42 bits per heavy atom. The number of benzene rings is 1. The largest absolute Gasteiger partial charge is 0.345 e. The predicted octanol–water partition coefficient (Wildman–Crippen LogP) is 3.26. The summed E-state index contributed by atoms with van der Waals surface area (Å²) in [6, 6.07) is 5.53. The Balaban J connectivity index is 2.11. The first kappa shape index (κ1) is 17.6. The minimum atomic E-state index is -0.486. The zero-order valence-electron chi connectivity index (χ0n) is 14.1. The van der Waals surface area contributed by atoms with Crippen LogP contribution in [0.1, 0.15) is 46.0 Å². The van der Waals surface area contributed by atoms with Crippen molar-refractivity contribution in [3.05, 3.63) is 40.3 Å². The van der Waals surface area contributed by atoms with E-state index in [4.69, 9.17) is 4.52 Å². The number of nitro benzene ring substituents is 1. The monoisotopic (exact) mass is 332 g/mol. The second-order valence-electron chi connectivity index (χ2n) is 6.79. The minimum absolute atomic E-state index is 0.0506. The Kier molecular flexibility index (Phi) is 4.96. The van der Waals surface area contributed by atoms with Crippen LogP contribution in [0.2, 0.25) is 0 Å². The Morgan fingerprint density at radius 3 is 2.75 bits per heavy atom. The Hall–Kier alpha value is -2.77. The molecule has 24 heavy (non-hydrogen) atoms. The highest BCUT2D eigenvalue weighted by atomic mass is 16.6. The number of nitrogens with one attached hydrogen (secondary N) is 1. The predicted molar refractivity (Wildman–Crippen MR) is 87.0 cm³/mol. The molecule has 8 heteroatoms. The summed E-state index contributed by atoms with van der Waals surface area (Å²) in [5.41, 5.74) is 0.310. The number of nitro groups is 1. The molecule has 128 valence electrons. The lowest BCUT2D eigenvalue weighted by atomic mass is 9.92. The van der Waals surface area contributed by atoms with E-state index >= 15 is 0 Å². The van der Waals surface area contributed by atoms with Gasteiger partial charge < -0.3 is 9.84 Å². The van der Waals surface area contributed by atoms with Gasteiger partial charge in [0.15, 0.2) is 0 Å². The molecule has 2 aromatic rings. The van der Waals surface area contributed by atoms with Crippen LogP contribution in [0.4, 0.5) is 5.69 Å². The van der Waals surface area contributed by atoms with E-state index in [0.29, 0.717) is 12.0 Å². The molecule has 0 bridgehead atoms. The molecule has 0 aliphatic rings. The molecular weight excluding hydrogens is 312 g/mol. The molecule has 1 heterocycles. The molecule has 1 aromatic heterocycles. The third kappa shape index (κ3) is 4.61. The summed E-state index contributed by atoms with van der Waals surface area (Å²) in [7, 11) is 0.